The van der Waals surface area contributed by atoms with Crippen LogP contribution in [0.4, 0.5) is 5.13 Å². The Balaban J connectivity index is 1.72. The number of rotatable bonds is 5. The molecule has 1 aromatic heterocycles. The zero-order valence-electron chi connectivity index (χ0n) is 12.5. The molecule has 21 heavy (non-hydrogen) atoms. The van der Waals surface area contributed by atoms with Crippen molar-refractivity contribution in [1.29, 1.82) is 0 Å². The second kappa shape index (κ2) is 5.83. The molecule has 3 rings (SSSR count). The summed E-state index contributed by atoms with van der Waals surface area (Å²) in [7, 11) is -1.11. The molecule has 6 nitrogen and oxygen atoms in total. The Kier molecular flexibility index (Phi) is 4.22. The quantitative estimate of drug-likeness (QED) is 0.866. The van der Waals surface area contributed by atoms with Crippen molar-refractivity contribution < 1.29 is 8.42 Å². The number of hydrogen-bond donors (Lipinski definition) is 1. The van der Waals surface area contributed by atoms with Gasteiger partial charge in [0.05, 0.1) is 11.9 Å². The minimum Gasteiger partial charge on any atom is -0.345 e. The summed E-state index contributed by atoms with van der Waals surface area (Å²) in [4.78, 5) is 8.39. The number of anilines is 1. The summed E-state index contributed by atoms with van der Waals surface area (Å²) in [6.07, 6.45) is 3.78. The van der Waals surface area contributed by atoms with Gasteiger partial charge in [0.15, 0.2) is 5.13 Å². The van der Waals surface area contributed by atoms with Crippen LogP contribution in [-0.2, 0) is 16.6 Å². The molecule has 0 amide bonds. The summed E-state index contributed by atoms with van der Waals surface area (Å²) < 4.78 is 24.7. The van der Waals surface area contributed by atoms with E-state index in [1.807, 2.05) is 7.05 Å². The van der Waals surface area contributed by atoms with Gasteiger partial charge in [0.2, 0.25) is 10.0 Å². The van der Waals surface area contributed by atoms with Gasteiger partial charge in [-0.2, -0.15) is 4.31 Å². The highest BCUT2D eigenvalue weighted by atomic mass is 32.2. The number of thiazole rings is 1. The third kappa shape index (κ3) is 3.39. The van der Waals surface area contributed by atoms with E-state index >= 15 is 0 Å². The maximum absolute atomic E-state index is 11.6. The number of nitrogens with zero attached hydrogens (tertiary/aromatic N) is 3. The van der Waals surface area contributed by atoms with Gasteiger partial charge in [-0.1, -0.05) is 0 Å². The van der Waals surface area contributed by atoms with Gasteiger partial charge in [-0.05, 0) is 19.9 Å². The average molecular weight is 330 g/mol. The van der Waals surface area contributed by atoms with Crippen molar-refractivity contribution in [3.8, 4) is 0 Å². The Hall–Kier alpha value is -0.700. The van der Waals surface area contributed by atoms with E-state index in [4.69, 9.17) is 4.98 Å². The van der Waals surface area contributed by atoms with Crippen molar-refractivity contribution in [2.75, 3.05) is 44.4 Å². The van der Waals surface area contributed by atoms with Crippen LogP contribution in [0.3, 0.4) is 0 Å². The van der Waals surface area contributed by atoms with Crippen LogP contribution in [0.25, 0.3) is 0 Å². The third-order valence-electron chi connectivity index (χ3n) is 4.00. The van der Waals surface area contributed by atoms with E-state index in [1.165, 1.54) is 29.7 Å². The van der Waals surface area contributed by atoms with Crippen LogP contribution in [0.5, 0.6) is 0 Å². The molecule has 0 radical (unpaired) electrons. The lowest BCUT2D eigenvalue weighted by Crippen LogP contribution is -2.48. The van der Waals surface area contributed by atoms with Crippen molar-refractivity contribution in [3.05, 3.63) is 10.6 Å². The molecule has 0 bridgehead atoms. The van der Waals surface area contributed by atoms with Gasteiger partial charge in [-0.25, -0.2) is 13.4 Å². The summed E-state index contributed by atoms with van der Waals surface area (Å²) in [6.45, 7) is 3.43. The Morgan fingerprint density at radius 1 is 1.29 bits per heavy atom. The highest BCUT2D eigenvalue weighted by Crippen LogP contribution is 2.44. The molecule has 0 aromatic carbocycles. The molecule has 1 saturated heterocycles. The largest absolute Gasteiger partial charge is 0.345 e. The fraction of sp³-hybridized carbons (Fsp3) is 0.769. The smallest absolute Gasteiger partial charge is 0.211 e. The SMILES string of the molecule is CNCc1sc(N2CCN(S(C)(=O)=O)CC2)nc1C1CC1. The van der Waals surface area contributed by atoms with Gasteiger partial charge < -0.3 is 10.2 Å². The predicted octanol–water partition coefficient (Wildman–Crippen LogP) is 0.822. The Morgan fingerprint density at radius 3 is 2.48 bits per heavy atom. The Bertz CT molecular complexity index is 602. The van der Waals surface area contributed by atoms with Crippen molar-refractivity contribution in [3.63, 3.8) is 0 Å². The van der Waals surface area contributed by atoms with Crippen LogP contribution >= 0.6 is 11.3 Å². The molecule has 0 unspecified atom stereocenters. The van der Waals surface area contributed by atoms with Crippen LogP contribution in [0.1, 0.15) is 29.3 Å². The summed E-state index contributed by atoms with van der Waals surface area (Å²) in [5, 5.41) is 4.27. The first kappa shape index (κ1) is 15.2. The second-order valence-corrected chi connectivity index (χ2v) is 8.80. The maximum atomic E-state index is 11.6. The lowest BCUT2D eigenvalue weighted by Gasteiger charge is -2.32. The summed E-state index contributed by atoms with van der Waals surface area (Å²) >= 11 is 1.75. The molecule has 1 saturated carbocycles. The van der Waals surface area contributed by atoms with Crippen molar-refractivity contribution in [1.82, 2.24) is 14.6 Å². The van der Waals surface area contributed by atoms with Crippen molar-refractivity contribution in [2.24, 2.45) is 0 Å². The van der Waals surface area contributed by atoms with Crippen LogP contribution in [0, 0.1) is 0 Å². The van der Waals surface area contributed by atoms with Gasteiger partial charge in [-0.15, -0.1) is 11.3 Å². The third-order valence-corrected chi connectivity index (χ3v) is 6.43. The van der Waals surface area contributed by atoms with Crippen molar-refractivity contribution in [2.45, 2.75) is 25.3 Å². The molecule has 2 fully saturated rings. The fourth-order valence-corrected chi connectivity index (χ4v) is 4.70. The lowest BCUT2D eigenvalue weighted by atomic mass is 10.2. The number of aromatic nitrogens is 1. The maximum Gasteiger partial charge on any atom is 0.211 e. The van der Waals surface area contributed by atoms with E-state index in [2.05, 4.69) is 10.2 Å². The van der Waals surface area contributed by atoms with Crippen LogP contribution in [-0.4, -0.2) is 57.2 Å². The molecular formula is C13H22N4O2S2. The zero-order valence-corrected chi connectivity index (χ0v) is 14.1. The molecule has 118 valence electrons. The van der Waals surface area contributed by atoms with E-state index in [1.54, 1.807) is 15.6 Å². The minimum atomic E-state index is -3.07. The summed E-state index contributed by atoms with van der Waals surface area (Å²) in [5.41, 5.74) is 1.26. The number of nitrogens with one attached hydrogen (secondary N) is 1. The summed E-state index contributed by atoms with van der Waals surface area (Å²) in [6, 6.07) is 0. The highest BCUT2D eigenvalue weighted by Gasteiger charge is 2.31. The van der Waals surface area contributed by atoms with Gasteiger partial charge >= 0.3 is 0 Å². The number of hydrogen-bond acceptors (Lipinski definition) is 6. The standard InChI is InChI=1S/C13H22N4O2S2/c1-14-9-11-12(10-3-4-10)15-13(20-11)16-5-7-17(8-6-16)21(2,18)19/h10,14H,3-9H2,1-2H3. The minimum absolute atomic E-state index is 0.554. The molecular weight excluding hydrogens is 308 g/mol. The van der Waals surface area contributed by atoms with Gasteiger partial charge in [0.25, 0.3) is 0 Å². The lowest BCUT2D eigenvalue weighted by molar-refractivity contribution is 0.388. The molecule has 8 heteroatoms. The van der Waals surface area contributed by atoms with E-state index in [-0.39, 0.29) is 0 Å². The normalized spacial score (nSPS) is 21.0. The summed E-state index contributed by atoms with van der Waals surface area (Å²) in [5.74, 6) is 0.649. The molecule has 1 aliphatic carbocycles. The van der Waals surface area contributed by atoms with Gasteiger partial charge in [0, 0.05) is 43.5 Å². The Morgan fingerprint density at radius 2 is 1.95 bits per heavy atom. The van der Waals surface area contributed by atoms with Crippen LogP contribution in [0.2, 0.25) is 0 Å². The first-order chi connectivity index (χ1) is 9.99. The topological polar surface area (TPSA) is 65.5 Å². The van der Waals surface area contributed by atoms with Crippen LogP contribution < -0.4 is 10.2 Å². The number of piperazine rings is 1. The van der Waals surface area contributed by atoms with E-state index in [0.717, 1.165) is 24.8 Å². The molecule has 1 N–H and O–H groups in total. The molecule has 2 heterocycles. The monoisotopic (exact) mass is 330 g/mol. The van der Waals surface area contributed by atoms with Crippen LogP contribution in [0.15, 0.2) is 0 Å². The first-order valence-corrected chi connectivity index (χ1v) is 10.00. The molecule has 2 aliphatic rings. The molecule has 1 aliphatic heterocycles. The predicted molar refractivity (Wildman–Crippen MR) is 85.5 cm³/mol. The van der Waals surface area contributed by atoms with E-state index in [0.29, 0.717) is 19.0 Å². The zero-order chi connectivity index (χ0) is 15.0. The number of sulfonamides is 1. The van der Waals surface area contributed by atoms with Crippen molar-refractivity contribution >= 4 is 26.5 Å². The Labute approximate surface area is 130 Å². The van der Waals surface area contributed by atoms with E-state index < -0.39 is 10.0 Å². The fourth-order valence-electron chi connectivity index (χ4n) is 2.66. The highest BCUT2D eigenvalue weighted by molar-refractivity contribution is 7.88. The second-order valence-electron chi connectivity index (χ2n) is 5.76. The van der Waals surface area contributed by atoms with Gasteiger partial charge in [0.1, 0.15) is 0 Å². The molecule has 0 spiro atoms. The van der Waals surface area contributed by atoms with E-state index in [9.17, 15) is 8.42 Å². The first-order valence-electron chi connectivity index (χ1n) is 7.33. The van der Waals surface area contributed by atoms with Gasteiger partial charge in [-0.3, -0.25) is 0 Å². The molecule has 1 aromatic rings. The average Bonchev–Trinajstić information content (AvgIpc) is 3.20. The molecule has 0 atom stereocenters.